The summed E-state index contributed by atoms with van der Waals surface area (Å²) in [7, 11) is 0. The second-order valence-electron chi connectivity index (χ2n) is 5.13. The van der Waals surface area contributed by atoms with Crippen LogP contribution in [0.1, 0.15) is 10.4 Å². The van der Waals surface area contributed by atoms with Crippen molar-refractivity contribution in [3.8, 4) is 10.4 Å². The summed E-state index contributed by atoms with van der Waals surface area (Å²) in [6, 6.07) is 16.0. The van der Waals surface area contributed by atoms with E-state index >= 15 is 0 Å². The van der Waals surface area contributed by atoms with Crippen molar-refractivity contribution in [1.29, 1.82) is 0 Å². The highest BCUT2D eigenvalue weighted by atomic mass is 79.9. The van der Waals surface area contributed by atoms with Crippen LogP contribution in [-0.2, 0) is 0 Å². The van der Waals surface area contributed by atoms with E-state index in [2.05, 4.69) is 26.6 Å². The number of carboxylic acid groups (broad SMARTS) is 1. The Balaban J connectivity index is 1.93. The molecule has 0 fully saturated rings. The number of hydrogen-bond acceptors (Lipinski definition) is 3. The third-order valence-electron chi connectivity index (χ3n) is 3.42. The van der Waals surface area contributed by atoms with Gasteiger partial charge in [0.05, 0.1) is 11.4 Å². The molecule has 0 bridgehead atoms. The van der Waals surface area contributed by atoms with E-state index in [9.17, 15) is 9.59 Å². The lowest BCUT2D eigenvalue weighted by Crippen LogP contribution is -2.15. The third kappa shape index (κ3) is 4.26. The molecule has 0 aliphatic heterocycles. The van der Waals surface area contributed by atoms with Gasteiger partial charge in [0, 0.05) is 14.9 Å². The van der Waals surface area contributed by atoms with Crippen molar-refractivity contribution in [2.75, 3.05) is 10.6 Å². The Labute approximate surface area is 156 Å². The van der Waals surface area contributed by atoms with Gasteiger partial charge in [-0.3, -0.25) is 10.1 Å². The quantitative estimate of drug-likeness (QED) is 0.523. The van der Waals surface area contributed by atoms with Gasteiger partial charge in [0.25, 0.3) is 5.91 Å². The number of carbonyl (C=O) groups excluding carboxylic acids is 1. The molecule has 1 aromatic heterocycles. The SMILES string of the molecule is O=C(O)Nc1ccc(-c2cccs2)cc1NC(=O)c1ccc(Br)cc1. The Bertz CT molecular complexity index is 909. The Morgan fingerprint density at radius 3 is 2.36 bits per heavy atom. The fraction of sp³-hybridized carbons (Fsp3) is 0. The van der Waals surface area contributed by atoms with Crippen LogP contribution in [0, 0.1) is 0 Å². The topological polar surface area (TPSA) is 78.4 Å². The monoisotopic (exact) mass is 416 g/mol. The molecule has 3 N–H and O–H groups in total. The predicted octanol–water partition coefficient (Wildman–Crippen LogP) is 5.52. The van der Waals surface area contributed by atoms with Gasteiger partial charge in [-0.1, -0.05) is 28.1 Å². The van der Waals surface area contributed by atoms with Crippen LogP contribution in [0.3, 0.4) is 0 Å². The van der Waals surface area contributed by atoms with E-state index < -0.39 is 6.09 Å². The summed E-state index contributed by atoms with van der Waals surface area (Å²) in [5.74, 6) is -0.315. The third-order valence-corrected chi connectivity index (χ3v) is 4.87. The molecule has 0 saturated heterocycles. The number of halogens is 1. The maximum absolute atomic E-state index is 12.5. The van der Waals surface area contributed by atoms with E-state index in [-0.39, 0.29) is 5.91 Å². The van der Waals surface area contributed by atoms with E-state index in [0.717, 1.165) is 14.9 Å². The van der Waals surface area contributed by atoms with E-state index in [4.69, 9.17) is 5.11 Å². The number of rotatable bonds is 4. The Kier molecular flexibility index (Phi) is 5.16. The van der Waals surface area contributed by atoms with Crippen molar-refractivity contribution in [3.05, 3.63) is 70.0 Å². The average molecular weight is 417 g/mol. The molecule has 0 aliphatic carbocycles. The van der Waals surface area contributed by atoms with Crippen molar-refractivity contribution in [2.45, 2.75) is 0 Å². The lowest BCUT2D eigenvalue weighted by molar-refractivity contribution is 0.102. The first-order valence-corrected chi connectivity index (χ1v) is 8.95. The van der Waals surface area contributed by atoms with Gasteiger partial charge in [-0.2, -0.15) is 0 Å². The number of amides is 2. The Morgan fingerprint density at radius 1 is 0.960 bits per heavy atom. The molecule has 7 heteroatoms. The molecule has 3 aromatic rings. The molecule has 5 nitrogen and oxygen atoms in total. The summed E-state index contributed by atoms with van der Waals surface area (Å²) in [6.45, 7) is 0. The molecule has 0 radical (unpaired) electrons. The van der Waals surface area contributed by atoms with E-state index in [0.29, 0.717) is 16.9 Å². The smallest absolute Gasteiger partial charge is 0.409 e. The lowest BCUT2D eigenvalue weighted by atomic mass is 10.1. The summed E-state index contributed by atoms with van der Waals surface area (Å²) in [4.78, 5) is 24.5. The fourth-order valence-corrected chi connectivity index (χ4v) is 3.25. The van der Waals surface area contributed by atoms with Gasteiger partial charge in [-0.25, -0.2) is 4.79 Å². The molecule has 25 heavy (non-hydrogen) atoms. The van der Waals surface area contributed by atoms with E-state index in [1.54, 1.807) is 47.7 Å². The van der Waals surface area contributed by atoms with Crippen LogP contribution in [0.4, 0.5) is 16.2 Å². The van der Waals surface area contributed by atoms with Crippen LogP contribution in [0.2, 0.25) is 0 Å². The predicted molar refractivity (Wildman–Crippen MR) is 103 cm³/mol. The highest BCUT2D eigenvalue weighted by molar-refractivity contribution is 9.10. The molecular weight excluding hydrogens is 404 g/mol. The van der Waals surface area contributed by atoms with Crippen LogP contribution in [0.5, 0.6) is 0 Å². The van der Waals surface area contributed by atoms with Gasteiger partial charge in [-0.05, 0) is 53.4 Å². The first kappa shape index (κ1) is 17.2. The number of hydrogen-bond donors (Lipinski definition) is 3. The molecule has 0 spiro atoms. The van der Waals surface area contributed by atoms with Gasteiger partial charge >= 0.3 is 6.09 Å². The number of carbonyl (C=O) groups is 2. The standard InChI is InChI=1S/C18H13BrN2O3S/c19-13-6-3-11(4-7-13)17(22)20-15-10-12(16-2-1-9-25-16)5-8-14(15)21-18(23)24/h1-10,21H,(H,20,22)(H,23,24). The summed E-state index contributed by atoms with van der Waals surface area (Å²) in [5, 5.41) is 16.0. The second-order valence-corrected chi connectivity index (χ2v) is 6.99. The number of nitrogens with one attached hydrogen (secondary N) is 2. The summed E-state index contributed by atoms with van der Waals surface area (Å²) in [5.41, 5.74) is 2.10. The first-order valence-electron chi connectivity index (χ1n) is 7.28. The zero-order valence-corrected chi connectivity index (χ0v) is 15.2. The van der Waals surface area contributed by atoms with Crippen molar-refractivity contribution in [3.63, 3.8) is 0 Å². The first-order chi connectivity index (χ1) is 12.0. The zero-order valence-electron chi connectivity index (χ0n) is 12.8. The molecule has 0 unspecified atom stereocenters. The summed E-state index contributed by atoms with van der Waals surface area (Å²) < 4.78 is 0.872. The van der Waals surface area contributed by atoms with Crippen molar-refractivity contribution in [1.82, 2.24) is 0 Å². The van der Waals surface area contributed by atoms with Crippen LogP contribution in [0.15, 0.2) is 64.5 Å². The highest BCUT2D eigenvalue weighted by Crippen LogP contribution is 2.32. The van der Waals surface area contributed by atoms with Crippen LogP contribution in [0.25, 0.3) is 10.4 Å². The van der Waals surface area contributed by atoms with Gasteiger partial charge < -0.3 is 10.4 Å². The average Bonchev–Trinajstić information content (AvgIpc) is 3.11. The van der Waals surface area contributed by atoms with Crippen molar-refractivity contribution >= 4 is 50.6 Å². The van der Waals surface area contributed by atoms with Gasteiger partial charge in [0.2, 0.25) is 0 Å². The number of anilines is 2. The van der Waals surface area contributed by atoms with Crippen molar-refractivity contribution in [2.24, 2.45) is 0 Å². The van der Waals surface area contributed by atoms with Gasteiger partial charge in [0.1, 0.15) is 0 Å². The van der Waals surface area contributed by atoms with Gasteiger partial charge in [0.15, 0.2) is 0 Å². The van der Waals surface area contributed by atoms with Crippen molar-refractivity contribution < 1.29 is 14.7 Å². The number of thiophene rings is 1. The molecule has 3 rings (SSSR count). The molecule has 126 valence electrons. The Hall–Kier alpha value is -2.64. The van der Waals surface area contributed by atoms with E-state index in [1.807, 2.05) is 23.6 Å². The maximum atomic E-state index is 12.5. The highest BCUT2D eigenvalue weighted by Gasteiger charge is 2.12. The molecule has 0 aliphatic rings. The zero-order chi connectivity index (χ0) is 17.8. The summed E-state index contributed by atoms with van der Waals surface area (Å²) in [6.07, 6.45) is -1.19. The molecule has 1 heterocycles. The number of benzene rings is 2. The molecule has 2 amide bonds. The fourth-order valence-electron chi connectivity index (χ4n) is 2.26. The summed E-state index contributed by atoms with van der Waals surface area (Å²) >= 11 is 4.89. The van der Waals surface area contributed by atoms with E-state index in [1.165, 1.54) is 0 Å². The lowest BCUT2D eigenvalue weighted by Gasteiger charge is -2.12. The van der Waals surface area contributed by atoms with Crippen LogP contribution >= 0.6 is 27.3 Å². The largest absolute Gasteiger partial charge is 0.465 e. The molecular formula is C18H13BrN2O3S. The van der Waals surface area contributed by atoms with Crippen LogP contribution < -0.4 is 10.6 Å². The van der Waals surface area contributed by atoms with Gasteiger partial charge in [-0.15, -0.1) is 11.3 Å². The minimum atomic E-state index is -1.19. The second kappa shape index (κ2) is 7.50. The minimum absolute atomic E-state index is 0.315. The maximum Gasteiger partial charge on any atom is 0.409 e. The molecule has 2 aromatic carbocycles. The minimum Gasteiger partial charge on any atom is -0.465 e. The van der Waals surface area contributed by atoms with Crippen LogP contribution in [-0.4, -0.2) is 17.1 Å². The molecule has 0 atom stereocenters. The normalized spacial score (nSPS) is 10.3. The Morgan fingerprint density at radius 2 is 1.72 bits per heavy atom. The molecule has 0 saturated carbocycles.